The molecule has 1 heterocycles. The van der Waals surface area contributed by atoms with Crippen molar-refractivity contribution in [2.45, 2.75) is 43.2 Å². The van der Waals surface area contributed by atoms with Gasteiger partial charge in [-0.3, -0.25) is 4.79 Å². The summed E-state index contributed by atoms with van der Waals surface area (Å²) >= 11 is 0. The number of carbonyl (C=O) groups is 1. The van der Waals surface area contributed by atoms with E-state index in [1.807, 2.05) is 0 Å². The van der Waals surface area contributed by atoms with Crippen LogP contribution in [0.15, 0.2) is 23.1 Å². The van der Waals surface area contributed by atoms with Gasteiger partial charge in [-0.1, -0.05) is 0 Å². The molecule has 7 heteroatoms. The zero-order chi connectivity index (χ0) is 15.2. The largest absolute Gasteiger partial charge is 0.393 e. The Morgan fingerprint density at radius 2 is 2.10 bits per heavy atom. The van der Waals surface area contributed by atoms with Crippen molar-refractivity contribution in [3.05, 3.63) is 23.8 Å². The molecule has 2 aliphatic rings. The quantitative estimate of drug-likeness (QED) is 0.846. The molecule has 1 aromatic rings. The van der Waals surface area contributed by atoms with Crippen LogP contribution in [-0.2, 0) is 21.2 Å². The van der Waals surface area contributed by atoms with Crippen LogP contribution in [0.25, 0.3) is 0 Å². The van der Waals surface area contributed by atoms with Crippen LogP contribution in [0.3, 0.4) is 0 Å². The van der Waals surface area contributed by atoms with Gasteiger partial charge in [0, 0.05) is 25.2 Å². The lowest BCUT2D eigenvalue weighted by Crippen LogP contribution is -2.46. The Labute approximate surface area is 123 Å². The first kappa shape index (κ1) is 14.5. The molecule has 0 atom stereocenters. The van der Waals surface area contributed by atoms with Crippen LogP contribution in [0.1, 0.15) is 25.3 Å². The van der Waals surface area contributed by atoms with E-state index in [-0.39, 0.29) is 16.8 Å². The molecule has 6 nitrogen and oxygen atoms in total. The van der Waals surface area contributed by atoms with Crippen molar-refractivity contribution < 1.29 is 18.3 Å². The summed E-state index contributed by atoms with van der Waals surface area (Å²) in [6.07, 6.45) is 1.19. The van der Waals surface area contributed by atoms with E-state index in [0.29, 0.717) is 25.8 Å². The number of benzene rings is 1. The Morgan fingerprint density at radius 3 is 2.71 bits per heavy atom. The smallest absolute Gasteiger partial charge is 0.240 e. The van der Waals surface area contributed by atoms with Crippen molar-refractivity contribution in [3.8, 4) is 0 Å². The van der Waals surface area contributed by atoms with Gasteiger partial charge in [0.1, 0.15) is 0 Å². The SMILES string of the molecule is CC(=O)N1CCc2cc(S(=O)(=O)NC3CC(O)C3)ccc21. The van der Waals surface area contributed by atoms with E-state index in [4.69, 9.17) is 0 Å². The number of hydrogen-bond acceptors (Lipinski definition) is 4. The van der Waals surface area contributed by atoms with Crippen LogP contribution in [0.5, 0.6) is 0 Å². The number of nitrogens with zero attached hydrogens (tertiary/aromatic N) is 1. The molecular weight excluding hydrogens is 292 g/mol. The maximum atomic E-state index is 12.3. The number of hydrogen-bond donors (Lipinski definition) is 2. The summed E-state index contributed by atoms with van der Waals surface area (Å²) in [7, 11) is -3.57. The predicted molar refractivity (Wildman–Crippen MR) is 77.5 cm³/mol. The number of sulfonamides is 1. The summed E-state index contributed by atoms with van der Waals surface area (Å²) < 4.78 is 27.2. The molecule has 1 aromatic carbocycles. The van der Waals surface area contributed by atoms with Crippen molar-refractivity contribution in [3.63, 3.8) is 0 Å². The van der Waals surface area contributed by atoms with Gasteiger partial charge in [-0.25, -0.2) is 13.1 Å². The van der Waals surface area contributed by atoms with Crippen molar-refractivity contribution >= 4 is 21.6 Å². The minimum absolute atomic E-state index is 0.0362. The van der Waals surface area contributed by atoms with Crippen LogP contribution in [0, 0.1) is 0 Å². The van der Waals surface area contributed by atoms with Crippen LogP contribution in [0.2, 0.25) is 0 Å². The second kappa shape index (κ2) is 5.08. The van der Waals surface area contributed by atoms with E-state index in [1.54, 1.807) is 17.0 Å². The third kappa shape index (κ3) is 2.68. The molecule has 1 aliphatic carbocycles. The number of aliphatic hydroxyl groups is 1. The van der Waals surface area contributed by atoms with Gasteiger partial charge in [0.25, 0.3) is 0 Å². The number of aliphatic hydroxyl groups excluding tert-OH is 1. The summed E-state index contributed by atoms with van der Waals surface area (Å²) in [5.74, 6) is -0.0362. The maximum Gasteiger partial charge on any atom is 0.240 e. The standard InChI is InChI=1S/C14H18N2O4S/c1-9(17)16-5-4-10-6-13(2-3-14(10)16)21(19,20)15-11-7-12(18)8-11/h2-3,6,11-12,15,18H,4-5,7-8H2,1H3. The zero-order valence-electron chi connectivity index (χ0n) is 11.7. The fourth-order valence-electron chi connectivity index (χ4n) is 2.84. The lowest BCUT2D eigenvalue weighted by molar-refractivity contribution is -0.116. The highest BCUT2D eigenvalue weighted by Gasteiger charge is 2.32. The molecule has 0 bridgehead atoms. The van der Waals surface area contributed by atoms with Gasteiger partial charge in [0.2, 0.25) is 15.9 Å². The average Bonchev–Trinajstić information content (AvgIpc) is 2.79. The van der Waals surface area contributed by atoms with Gasteiger partial charge < -0.3 is 10.0 Å². The molecule has 1 amide bonds. The molecule has 114 valence electrons. The van der Waals surface area contributed by atoms with E-state index in [1.165, 1.54) is 13.0 Å². The van der Waals surface area contributed by atoms with Gasteiger partial charge in [0.05, 0.1) is 11.0 Å². The highest BCUT2D eigenvalue weighted by Crippen LogP contribution is 2.30. The first-order valence-corrected chi connectivity index (χ1v) is 8.46. The normalized spacial score (nSPS) is 24.6. The summed E-state index contributed by atoms with van der Waals surface area (Å²) in [5, 5.41) is 9.22. The van der Waals surface area contributed by atoms with E-state index in [0.717, 1.165) is 11.3 Å². The Balaban J connectivity index is 1.82. The molecule has 0 spiro atoms. The summed E-state index contributed by atoms with van der Waals surface area (Å²) in [4.78, 5) is 13.4. The fourth-order valence-corrected chi connectivity index (χ4v) is 4.16. The predicted octanol–water partition coefficient (Wildman–Crippen LogP) is 0.397. The molecule has 1 aliphatic heterocycles. The Kier molecular flexibility index (Phi) is 3.51. The van der Waals surface area contributed by atoms with E-state index in [2.05, 4.69) is 4.72 Å². The van der Waals surface area contributed by atoms with Gasteiger partial charge >= 0.3 is 0 Å². The number of amides is 1. The number of fused-ring (bicyclic) bond motifs is 1. The van der Waals surface area contributed by atoms with E-state index >= 15 is 0 Å². The van der Waals surface area contributed by atoms with E-state index in [9.17, 15) is 18.3 Å². The average molecular weight is 310 g/mol. The molecule has 0 saturated heterocycles. The summed E-state index contributed by atoms with van der Waals surface area (Å²) in [6.45, 7) is 2.10. The lowest BCUT2D eigenvalue weighted by Gasteiger charge is -2.31. The molecule has 3 rings (SSSR count). The van der Waals surface area contributed by atoms with Crippen molar-refractivity contribution in [2.24, 2.45) is 0 Å². The van der Waals surface area contributed by atoms with Crippen LogP contribution < -0.4 is 9.62 Å². The van der Waals surface area contributed by atoms with Crippen molar-refractivity contribution in [2.75, 3.05) is 11.4 Å². The van der Waals surface area contributed by atoms with E-state index < -0.39 is 16.1 Å². The first-order chi connectivity index (χ1) is 9.87. The third-order valence-corrected chi connectivity index (χ3v) is 5.59. The lowest BCUT2D eigenvalue weighted by atomic mass is 9.91. The van der Waals surface area contributed by atoms with Crippen molar-refractivity contribution in [1.29, 1.82) is 0 Å². The molecule has 0 unspecified atom stereocenters. The summed E-state index contributed by atoms with van der Waals surface area (Å²) in [5.41, 5.74) is 1.67. The highest BCUT2D eigenvalue weighted by atomic mass is 32.2. The van der Waals surface area contributed by atoms with Crippen molar-refractivity contribution in [1.82, 2.24) is 4.72 Å². The second-order valence-corrected chi connectivity index (χ2v) is 7.37. The topological polar surface area (TPSA) is 86.7 Å². The Bertz CT molecular complexity index is 680. The number of nitrogens with one attached hydrogen (secondary N) is 1. The summed E-state index contributed by atoms with van der Waals surface area (Å²) in [6, 6.07) is 4.66. The highest BCUT2D eigenvalue weighted by molar-refractivity contribution is 7.89. The fraction of sp³-hybridized carbons (Fsp3) is 0.500. The number of rotatable bonds is 3. The Hall–Kier alpha value is -1.44. The zero-order valence-corrected chi connectivity index (χ0v) is 12.6. The Morgan fingerprint density at radius 1 is 1.38 bits per heavy atom. The van der Waals surface area contributed by atoms with Crippen LogP contribution in [-0.4, -0.2) is 38.1 Å². The third-order valence-electron chi connectivity index (χ3n) is 4.07. The number of carbonyl (C=O) groups excluding carboxylic acids is 1. The van der Waals surface area contributed by atoms with Gasteiger partial charge in [-0.05, 0) is 43.0 Å². The van der Waals surface area contributed by atoms with Gasteiger partial charge in [-0.2, -0.15) is 0 Å². The first-order valence-electron chi connectivity index (χ1n) is 6.98. The van der Waals surface area contributed by atoms with Crippen LogP contribution in [0.4, 0.5) is 5.69 Å². The molecule has 0 aromatic heterocycles. The van der Waals surface area contributed by atoms with Crippen LogP contribution >= 0.6 is 0 Å². The molecule has 1 saturated carbocycles. The number of anilines is 1. The molecule has 1 fully saturated rings. The van der Waals surface area contributed by atoms with Gasteiger partial charge in [0.15, 0.2) is 0 Å². The second-order valence-electron chi connectivity index (χ2n) is 5.65. The maximum absolute atomic E-state index is 12.3. The monoisotopic (exact) mass is 310 g/mol. The van der Waals surface area contributed by atoms with Gasteiger partial charge in [-0.15, -0.1) is 0 Å². The minimum atomic E-state index is -3.57. The molecular formula is C14H18N2O4S. The molecule has 21 heavy (non-hydrogen) atoms. The molecule has 2 N–H and O–H groups in total. The minimum Gasteiger partial charge on any atom is -0.393 e. The molecule has 0 radical (unpaired) electrons.